The van der Waals surface area contributed by atoms with E-state index in [1.54, 1.807) is 0 Å². The molecule has 1 spiro atoms. The Labute approximate surface area is 86.0 Å². The SMILES string of the molecule is N#Cc1cc(F)c2c(c1)OC1(CC1)CO2. The third kappa shape index (κ3) is 1.23. The molecule has 1 heterocycles. The van der Waals surface area contributed by atoms with Crippen LogP contribution in [0.1, 0.15) is 18.4 Å². The topological polar surface area (TPSA) is 42.2 Å². The van der Waals surface area contributed by atoms with Gasteiger partial charge in [-0.05, 0) is 18.9 Å². The summed E-state index contributed by atoms with van der Waals surface area (Å²) in [6.45, 7) is 0.406. The summed E-state index contributed by atoms with van der Waals surface area (Å²) in [7, 11) is 0. The molecule has 76 valence electrons. The average molecular weight is 205 g/mol. The predicted octanol–water partition coefficient (Wildman–Crippen LogP) is 2.00. The number of halogens is 1. The monoisotopic (exact) mass is 205 g/mol. The van der Waals surface area contributed by atoms with Crippen LogP contribution in [0, 0.1) is 17.1 Å². The Hall–Kier alpha value is -1.76. The summed E-state index contributed by atoms with van der Waals surface area (Å²) in [5, 5.41) is 8.70. The Kier molecular flexibility index (Phi) is 1.50. The van der Waals surface area contributed by atoms with Crippen LogP contribution in [0.3, 0.4) is 0 Å². The van der Waals surface area contributed by atoms with Crippen LogP contribution < -0.4 is 9.47 Å². The molecule has 4 heteroatoms. The van der Waals surface area contributed by atoms with E-state index >= 15 is 0 Å². The maximum absolute atomic E-state index is 13.4. The highest BCUT2D eigenvalue weighted by molar-refractivity contribution is 5.49. The zero-order valence-corrected chi connectivity index (χ0v) is 7.92. The summed E-state index contributed by atoms with van der Waals surface area (Å²) in [6, 6.07) is 4.58. The molecule has 1 aromatic rings. The fraction of sp³-hybridized carbons (Fsp3) is 0.364. The van der Waals surface area contributed by atoms with Crippen LogP contribution >= 0.6 is 0 Å². The average Bonchev–Trinajstić information content (AvgIpc) is 2.97. The van der Waals surface area contributed by atoms with E-state index in [4.69, 9.17) is 14.7 Å². The van der Waals surface area contributed by atoms with Crippen molar-refractivity contribution in [3.8, 4) is 17.6 Å². The summed E-state index contributed by atoms with van der Waals surface area (Å²) in [5.74, 6) is -0.0404. The number of hydrogen-bond acceptors (Lipinski definition) is 3. The normalized spacial score (nSPS) is 19.7. The lowest BCUT2D eigenvalue weighted by molar-refractivity contribution is 0.0678. The number of fused-ring (bicyclic) bond motifs is 1. The summed E-state index contributed by atoms with van der Waals surface area (Å²) < 4.78 is 24.4. The highest BCUT2D eigenvalue weighted by atomic mass is 19.1. The molecule has 1 fully saturated rings. The van der Waals surface area contributed by atoms with Crippen LogP contribution in [0.2, 0.25) is 0 Å². The summed E-state index contributed by atoms with van der Waals surface area (Å²) in [5.41, 5.74) is 0.0145. The van der Waals surface area contributed by atoms with Gasteiger partial charge in [0.2, 0.25) is 0 Å². The predicted molar refractivity (Wildman–Crippen MR) is 49.2 cm³/mol. The minimum Gasteiger partial charge on any atom is -0.483 e. The molecule has 1 aromatic carbocycles. The van der Waals surface area contributed by atoms with Gasteiger partial charge in [-0.15, -0.1) is 0 Å². The number of ether oxygens (including phenoxy) is 2. The van der Waals surface area contributed by atoms with Crippen molar-refractivity contribution in [3.05, 3.63) is 23.5 Å². The smallest absolute Gasteiger partial charge is 0.197 e. The van der Waals surface area contributed by atoms with Gasteiger partial charge in [0.15, 0.2) is 17.3 Å². The number of rotatable bonds is 0. The molecule has 1 saturated carbocycles. The largest absolute Gasteiger partial charge is 0.483 e. The second kappa shape index (κ2) is 2.63. The van der Waals surface area contributed by atoms with E-state index in [2.05, 4.69) is 0 Å². The van der Waals surface area contributed by atoms with Gasteiger partial charge in [0.1, 0.15) is 12.2 Å². The first-order valence-electron chi connectivity index (χ1n) is 4.78. The van der Waals surface area contributed by atoms with Gasteiger partial charge in [-0.1, -0.05) is 0 Å². The zero-order chi connectivity index (χ0) is 10.5. The summed E-state index contributed by atoms with van der Waals surface area (Å²) in [6.07, 6.45) is 1.87. The Morgan fingerprint density at radius 3 is 2.87 bits per heavy atom. The van der Waals surface area contributed by atoms with Crippen molar-refractivity contribution >= 4 is 0 Å². The molecule has 0 N–H and O–H groups in total. The molecule has 1 aliphatic heterocycles. The third-order valence-corrected chi connectivity index (χ3v) is 2.75. The van der Waals surface area contributed by atoms with Gasteiger partial charge in [0.25, 0.3) is 0 Å². The van der Waals surface area contributed by atoms with Crippen molar-refractivity contribution in [2.24, 2.45) is 0 Å². The zero-order valence-electron chi connectivity index (χ0n) is 7.92. The molecule has 0 bridgehead atoms. The summed E-state index contributed by atoms with van der Waals surface area (Å²) in [4.78, 5) is 0. The van der Waals surface area contributed by atoms with Crippen LogP contribution in [0.25, 0.3) is 0 Å². The van der Waals surface area contributed by atoms with Gasteiger partial charge in [-0.25, -0.2) is 4.39 Å². The molecule has 0 atom stereocenters. The van der Waals surface area contributed by atoms with Crippen LogP contribution in [0.4, 0.5) is 4.39 Å². The lowest BCUT2D eigenvalue weighted by Gasteiger charge is -2.26. The Bertz CT molecular complexity index is 474. The van der Waals surface area contributed by atoms with Gasteiger partial charge < -0.3 is 9.47 Å². The first-order chi connectivity index (χ1) is 7.22. The van der Waals surface area contributed by atoms with Crippen molar-refractivity contribution in [1.29, 1.82) is 5.26 Å². The quantitative estimate of drug-likeness (QED) is 0.650. The Morgan fingerprint density at radius 2 is 2.20 bits per heavy atom. The van der Waals surface area contributed by atoms with E-state index in [1.807, 2.05) is 6.07 Å². The lowest BCUT2D eigenvalue weighted by Crippen LogP contribution is -2.31. The number of nitriles is 1. The number of nitrogens with zero attached hydrogens (tertiary/aromatic N) is 1. The molecular formula is C11H8FNO2. The van der Waals surface area contributed by atoms with Crippen molar-refractivity contribution in [2.75, 3.05) is 6.61 Å². The molecular weight excluding hydrogens is 197 g/mol. The number of benzene rings is 1. The van der Waals surface area contributed by atoms with E-state index in [0.717, 1.165) is 18.9 Å². The second-order valence-corrected chi connectivity index (χ2v) is 3.97. The van der Waals surface area contributed by atoms with E-state index in [-0.39, 0.29) is 16.9 Å². The summed E-state index contributed by atoms with van der Waals surface area (Å²) >= 11 is 0. The molecule has 3 rings (SSSR count). The van der Waals surface area contributed by atoms with Crippen LogP contribution in [0.5, 0.6) is 11.5 Å². The molecule has 0 aromatic heterocycles. The van der Waals surface area contributed by atoms with E-state index in [0.29, 0.717) is 12.4 Å². The van der Waals surface area contributed by atoms with Gasteiger partial charge in [0.05, 0.1) is 11.6 Å². The highest BCUT2D eigenvalue weighted by Gasteiger charge is 2.49. The molecule has 0 unspecified atom stereocenters. The molecule has 0 saturated heterocycles. The highest BCUT2D eigenvalue weighted by Crippen LogP contribution is 2.48. The molecule has 0 radical (unpaired) electrons. The van der Waals surface area contributed by atoms with Crippen LogP contribution in [-0.4, -0.2) is 12.2 Å². The standard InChI is InChI=1S/C11H8FNO2/c12-8-3-7(5-13)4-9-10(8)14-6-11(15-9)1-2-11/h3-4H,1-2,6H2. The van der Waals surface area contributed by atoms with E-state index in [9.17, 15) is 4.39 Å². The Balaban J connectivity index is 2.08. The number of hydrogen-bond donors (Lipinski definition) is 0. The second-order valence-electron chi connectivity index (χ2n) is 3.97. The molecule has 0 amide bonds. The third-order valence-electron chi connectivity index (χ3n) is 2.75. The maximum atomic E-state index is 13.4. The van der Waals surface area contributed by atoms with Crippen LogP contribution in [0.15, 0.2) is 12.1 Å². The van der Waals surface area contributed by atoms with Gasteiger partial charge >= 0.3 is 0 Å². The van der Waals surface area contributed by atoms with Crippen molar-refractivity contribution in [1.82, 2.24) is 0 Å². The molecule has 1 aliphatic carbocycles. The minimum atomic E-state index is -0.528. The first-order valence-corrected chi connectivity index (χ1v) is 4.78. The van der Waals surface area contributed by atoms with E-state index < -0.39 is 5.82 Å². The van der Waals surface area contributed by atoms with Crippen LogP contribution in [-0.2, 0) is 0 Å². The molecule has 15 heavy (non-hydrogen) atoms. The Morgan fingerprint density at radius 1 is 1.40 bits per heavy atom. The minimum absolute atomic E-state index is 0.131. The first kappa shape index (κ1) is 8.54. The molecule has 2 aliphatic rings. The maximum Gasteiger partial charge on any atom is 0.197 e. The van der Waals surface area contributed by atoms with Gasteiger partial charge in [-0.2, -0.15) is 5.26 Å². The van der Waals surface area contributed by atoms with Crippen molar-refractivity contribution < 1.29 is 13.9 Å². The van der Waals surface area contributed by atoms with Gasteiger partial charge in [-0.3, -0.25) is 0 Å². The lowest BCUT2D eigenvalue weighted by atomic mass is 10.2. The van der Waals surface area contributed by atoms with E-state index in [1.165, 1.54) is 6.07 Å². The fourth-order valence-electron chi connectivity index (χ4n) is 1.70. The van der Waals surface area contributed by atoms with Gasteiger partial charge in [0, 0.05) is 6.07 Å². The van der Waals surface area contributed by atoms with Crippen molar-refractivity contribution in [3.63, 3.8) is 0 Å². The fourth-order valence-corrected chi connectivity index (χ4v) is 1.70. The van der Waals surface area contributed by atoms with Crippen molar-refractivity contribution in [2.45, 2.75) is 18.4 Å². The molecule has 3 nitrogen and oxygen atoms in total.